The number of aliphatic hydroxyl groups excluding tert-OH is 1. The molecule has 0 saturated heterocycles. The highest BCUT2D eigenvalue weighted by Gasteiger charge is 2.17. The predicted octanol–water partition coefficient (Wildman–Crippen LogP) is 0.462. The van der Waals surface area contributed by atoms with Gasteiger partial charge in [-0.05, 0) is 19.4 Å². The smallest absolute Gasteiger partial charge is 0.0972 e. The van der Waals surface area contributed by atoms with Crippen molar-refractivity contribution in [3.8, 4) is 0 Å². The van der Waals surface area contributed by atoms with E-state index in [0.29, 0.717) is 13.1 Å². The van der Waals surface area contributed by atoms with Crippen molar-refractivity contribution in [2.24, 2.45) is 0 Å². The van der Waals surface area contributed by atoms with E-state index >= 15 is 0 Å². The molecule has 4 heteroatoms. The van der Waals surface area contributed by atoms with E-state index in [2.05, 4.69) is 5.32 Å². The van der Waals surface area contributed by atoms with Crippen LogP contribution in [-0.2, 0) is 0 Å². The maximum absolute atomic E-state index is 9.34. The van der Waals surface area contributed by atoms with Crippen molar-refractivity contribution in [1.82, 2.24) is 5.32 Å². The average molecular weight is 194 g/mol. The van der Waals surface area contributed by atoms with Gasteiger partial charge in [-0.15, -0.1) is 0 Å². The summed E-state index contributed by atoms with van der Waals surface area (Å²) in [4.78, 5) is 0. The Morgan fingerprint density at radius 3 is 2.67 bits per heavy atom. The average Bonchev–Trinajstić information content (AvgIpc) is 2.04. The fourth-order valence-electron chi connectivity index (χ4n) is 0.623. The van der Waals surface area contributed by atoms with Gasteiger partial charge in [0.2, 0.25) is 0 Å². The van der Waals surface area contributed by atoms with Gasteiger partial charge in [-0.3, -0.25) is 0 Å². The molecule has 0 aliphatic heterocycles. The molecule has 1 unspecified atom stereocenters. The third-order valence-electron chi connectivity index (χ3n) is 1.44. The molecule has 0 aliphatic carbocycles. The monoisotopic (exact) mass is 193 g/mol. The largest absolute Gasteiger partial charge is 0.393 e. The zero-order valence-corrected chi connectivity index (χ0v) is 8.23. The zero-order valence-electron chi connectivity index (χ0n) is 7.47. The summed E-state index contributed by atoms with van der Waals surface area (Å²) in [6.45, 7) is 4.18. The highest BCUT2D eigenvalue weighted by molar-refractivity contribution is 6.25. The molecule has 0 aromatic carbocycles. The van der Waals surface area contributed by atoms with Crippen LogP contribution in [0.3, 0.4) is 0 Å². The summed E-state index contributed by atoms with van der Waals surface area (Å²) in [6.07, 6.45) is 0. The summed E-state index contributed by atoms with van der Waals surface area (Å²) in [7, 11) is 0. The van der Waals surface area contributed by atoms with Crippen molar-refractivity contribution in [3.63, 3.8) is 0 Å². The first-order valence-electron chi connectivity index (χ1n) is 3.81. The molecule has 0 spiro atoms. The zero-order chi connectivity index (χ0) is 9.61. The Kier molecular flexibility index (Phi) is 5.50. The summed E-state index contributed by atoms with van der Waals surface area (Å²) in [5.74, 6) is 0. The van der Waals surface area contributed by atoms with Crippen molar-refractivity contribution in [2.75, 3.05) is 19.7 Å². The highest BCUT2D eigenvalue weighted by atomic mass is 35.5. The molecule has 0 radical (unpaired) electrons. The molecule has 12 heavy (non-hydrogen) atoms. The molecule has 3 N–H and O–H groups in total. The lowest BCUT2D eigenvalue weighted by molar-refractivity contribution is 0.00339. The van der Waals surface area contributed by atoms with E-state index in [0.717, 1.165) is 5.57 Å². The lowest BCUT2D eigenvalue weighted by Crippen LogP contribution is -2.41. The van der Waals surface area contributed by atoms with Gasteiger partial charge in [0.25, 0.3) is 0 Å². The van der Waals surface area contributed by atoms with Crippen LogP contribution in [-0.4, -0.2) is 35.5 Å². The van der Waals surface area contributed by atoms with Gasteiger partial charge in [-0.25, -0.2) is 0 Å². The van der Waals surface area contributed by atoms with Gasteiger partial charge in [0.05, 0.1) is 12.2 Å². The van der Waals surface area contributed by atoms with Crippen molar-refractivity contribution in [1.29, 1.82) is 0 Å². The van der Waals surface area contributed by atoms with Crippen molar-refractivity contribution in [2.45, 2.75) is 19.4 Å². The normalized spacial score (nSPS) is 17.6. The van der Waals surface area contributed by atoms with Crippen LogP contribution in [0.1, 0.15) is 13.8 Å². The molecule has 3 nitrogen and oxygen atoms in total. The fourth-order valence-corrected chi connectivity index (χ4v) is 0.701. The molecule has 0 amide bonds. The second-order valence-corrected chi connectivity index (χ2v) is 3.43. The molecule has 0 heterocycles. The van der Waals surface area contributed by atoms with Gasteiger partial charge >= 0.3 is 0 Å². The van der Waals surface area contributed by atoms with E-state index in [1.165, 1.54) is 5.54 Å². The van der Waals surface area contributed by atoms with Gasteiger partial charge in [0, 0.05) is 18.6 Å². The van der Waals surface area contributed by atoms with Crippen LogP contribution < -0.4 is 5.32 Å². The Bertz CT molecular complexity index is 157. The number of hydrogen-bond acceptors (Lipinski definition) is 3. The molecular weight excluding hydrogens is 178 g/mol. The van der Waals surface area contributed by atoms with E-state index in [-0.39, 0.29) is 6.61 Å². The number of rotatable bonds is 5. The predicted molar refractivity (Wildman–Crippen MR) is 50.2 cm³/mol. The third-order valence-corrected chi connectivity index (χ3v) is 1.81. The summed E-state index contributed by atoms with van der Waals surface area (Å²) in [5.41, 5.74) is 1.43. The van der Waals surface area contributed by atoms with Crippen LogP contribution in [0, 0.1) is 0 Å². The Morgan fingerprint density at radius 2 is 2.25 bits per heavy atom. The molecule has 0 aromatic heterocycles. The highest BCUT2D eigenvalue weighted by Crippen LogP contribution is 1.99. The maximum atomic E-state index is 9.34. The van der Waals surface area contributed by atoms with Crippen LogP contribution in [0.2, 0.25) is 0 Å². The van der Waals surface area contributed by atoms with Crippen LogP contribution in [0.5, 0.6) is 0 Å². The summed E-state index contributed by atoms with van der Waals surface area (Å²) in [6, 6.07) is 0. The summed E-state index contributed by atoms with van der Waals surface area (Å²) < 4.78 is 0. The molecular formula is C8H16ClNO2. The maximum Gasteiger partial charge on any atom is 0.0972 e. The van der Waals surface area contributed by atoms with Crippen molar-refractivity contribution < 1.29 is 10.2 Å². The number of hydrogen-bond donors (Lipinski definition) is 3. The van der Waals surface area contributed by atoms with Crippen molar-refractivity contribution in [3.05, 3.63) is 11.1 Å². The first-order chi connectivity index (χ1) is 5.52. The minimum Gasteiger partial charge on any atom is -0.393 e. The number of nitrogens with one attached hydrogen (secondary N) is 1. The summed E-state index contributed by atoms with van der Waals surface area (Å²) in [5, 5.41) is 21.0. The molecule has 0 saturated carbocycles. The molecule has 1 atom stereocenters. The second kappa shape index (κ2) is 5.54. The molecule has 0 bridgehead atoms. The molecule has 0 fully saturated rings. The third kappa shape index (κ3) is 5.55. The Morgan fingerprint density at radius 1 is 1.67 bits per heavy atom. The standard InChI is InChI=1S/C8H16ClNO2/c1-7(3-9)4-10-5-8(2,12)6-11/h3,10-12H,4-6H2,1-2H3. The van der Waals surface area contributed by atoms with E-state index in [1.54, 1.807) is 6.92 Å². The van der Waals surface area contributed by atoms with E-state index in [4.69, 9.17) is 16.7 Å². The molecule has 0 rings (SSSR count). The van der Waals surface area contributed by atoms with Gasteiger partial charge < -0.3 is 15.5 Å². The molecule has 0 aromatic rings. The topological polar surface area (TPSA) is 52.5 Å². The lowest BCUT2D eigenvalue weighted by atomic mass is 10.1. The van der Waals surface area contributed by atoms with Crippen LogP contribution >= 0.6 is 11.6 Å². The molecule has 72 valence electrons. The minimum atomic E-state index is -1.05. The van der Waals surface area contributed by atoms with Gasteiger partial charge in [0.15, 0.2) is 0 Å². The van der Waals surface area contributed by atoms with Crippen LogP contribution in [0.15, 0.2) is 11.1 Å². The number of halogens is 1. The van der Waals surface area contributed by atoms with Crippen LogP contribution in [0.4, 0.5) is 0 Å². The lowest BCUT2D eigenvalue weighted by Gasteiger charge is -2.20. The fraction of sp³-hybridized carbons (Fsp3) is 0.750. The first kappa shape index (κ1) is 11.9. The Balaban J connectivity index is 3.56. The molecule has 0 aliphatic rings. The van der Waals surface area contributed by atoms with E-state index < -0.39 is 5.60 Å². The van der Waals surface area contributed by atoms with Crippen LogP contribution in [0.25, 0.3) is 0 Å². The van der Waals surface area contributed by atoms with E-state index in [9.17, 15) is 5.11 Å². The van der Waals surface area contributed by atoms with Gasteiger partial charge in [-0.2, -0.15) is 0 Å². The minimum absolute atomic E-state index is 0.246. The Hall–Kier alpha value is -0.0900. The SMILES string of the molecule is CC(=CCl)CNCC(C)(O)CO. The summed E-state index contributed by atoms with van der Waals surface area (Å²) >= 11 is 5.42. The quantitative estimate of drug-likeness (QED) is 0.595. The Labute approximate surface area is 78.0 Å². The number of aliphatic hydroxyl groups is 2. The van der Waals surface area contributed by atoms with Crippen molar-refractivity contribution >= 4 is 11.6 Å². The van der Waals surface area contributed by atoms with Gasteiger partial charge in [0.1, 0.15) is 0 Å². The first-order valence-corrected chi connectivity index (χ1v) is 4.25. The second-order valence-electron chi connectivity index (χ2n) is 3.21. The van der Waals surface area contributed by atoms with E-state index in [1.807, 2.05) is 6.92 Å². The van der Waals surface area contributed by atoms with Gasteiger partial charge in [-0.1, -0.05) is 11.6 Å².